The zero-order valence-corrected chi connectivity index (χ0v) is 8.84. The zero-order chi connectivity index (χ0) is 10.1. The molecule has 3 heteroatoms. The second-order valence-electron chi connectivity index (χ2n) is 3.01. The van der Waals surface area contributed by atoms with Crippen molar-refractivity contribution in [2.24, 2.45) is 0 Å². The Morgan fingerprint density at radius 1 is 1.38 bits per heavy atom. The summed E-state index contributed by atoms with van der Waals surface area (Å²) in [5.74, 6) is -0.162. The molecule has 0 bridgehead atoms. The van der Waals surface area contributed by atoms with E-state index in [-0.39, 0.29) is 12.1 Å². The minimum atomic E-state index is -0.162. The minimum absolute atomic E-state index is 0.0269. The molecule has 0 saturated heterocycles. The van der Waals surface area contributed by atoms with Crippen molar-refractivity contribution in [3.8, 4) is 0 Å². The van der Waals surface area contributed by atoms with Crippen LogP contribution in [0.2, 0.25) is 0 Å². The lowest BCUT2D eigenvalue weighted by molar-refractivity contribution is -0.146. The highest BCUT2D eigenvalue weighted by Gasteiger charge is 2.12. The van der Waals surface area contributed by atoms with Crippen LogP contribution in [0, 0.1) is 0 Å². The molecule has 0 rings (SSSR count). The lowest BCUT2D eigenvalue weighted by Gasteiger charge is -2.13. The van der Waals surface area contributed by atoms with Crippen LogP contribution < -0.4 is 0 Å². The van der Waals surface area contributed by atoms with Gasteiger partial charge in [-0.15, -0.1) is 0 Å². The first-order valence-electron chi connectivity index (χ1n) is 4.93. The van der Waals surface area contributed by atoms with Crippen LogP contribution in [0.15, 0.2) is 0 Å². The van der Waals surface area contributed by atoms with Crippen molar-refractivity contribution in [2.75, 3.05) is 13.7 Å². The smallest absolute Gasteiger partial charge is 0.308 e. The van der Waals surface area contributed by atoms with Crippen molar-refractivity contribution in [2.45, 2.75) is 45.6 Å². The molecule has 78 valence electrons. The molecule has 0 aliphatic heterocycles. The second-order valence-corrected chi connectivity index (χ2v) is 3.01. The molecule has 0 aliphatic carbocycles. The zero-order valence-electron chi connectivity index (χ0n) is 8.84. The Morgan fingerprint density at radius 3 is 2.54 bits per heavy atom. The molecule has 0 aromatic carbocycles. The van der Waals surface area contributed by atoms with Crippen LogP contribution >= 0.6 is 0 Å². The minimum Gasteiger partial charge on any atom is -0.466 e. The van der Waals surface area contributed by atoms with Crippen LogP contribution in [0.3, 0.4) is 0 Å². The first-order valence-corrected chi connectivity index (χ1v) is 4.93. The number of methoxy groups -OCH3 is 1. The standard InChI is InChI=1S/C10H20O3/c1-4-6-7-9(12-3)8-10(11)13-5-2/h9H,4-8H2,1-3H3. The van der Waals surface area contributed by atoms with Gasteiger partial charge < -0.3 is 9.47 Å². The van der Waals surface area contributed by atoms with Gasteiger partial charge in [0.2, 0.25) is 0 Å². The molecule has 0 saturated carbocycles. The predicted octanol–water partition coefficient (Wildman–Crippen LogP) is 2.14. The van der Waals surface area contributed by atoms with Gasteiger partial charge in [-0.25, -0.2) is 0 Å². The van der Waals surface area contributed by atoms with Gasteiger partial charge in [-0.05, 0) is 13.3 Å². The largest absolute Gasteiger partial charge is 0.466 e. The van der Waals surface area contributed by atoms with Crippen LogP contribution in [-0.2, 0) is 14.3 Å². The maximum absolute atomic E-state index is 11.1. The molecule has 0 fully saturated rings. The van der Waals surface area contributed by atoms with E-state index in [0.29, 0.717) is 13.0 Å². The number of rotatable bonds is 7. The third-order valence-corrected chi connectivity index (χ3v) is 1.91. The van der Waals surface area contributed by atoms with E-state index in [2.05, 4.69) is 6.92 Å². The summed E-state index contributed by atoms with van der Waals surface area (Å²) < 4.78 is 10.0. The third-order valence-electron chi connectivity index (χ3n) is 1.91. The van der Waals surface area contributed by atoms with E-state index in [1.807, 2.05) is 6.92 Å². The summed E-state index contributed by atoms with van der Waals surface area (Å²) in [6, 6.07) is 0. The quantitative estimate of drug-likeness (QED) is 0.574. The fourth-order valence-electron chi connectivity index (χ4n) is 1.14. The molecular formula is C10H20O3. The van der Waals surface area contributed by atoms with Gasteiger partial charge in [-0.1, -0.05) is 19.8 Å². The van der Waals surface area contributed by atoms with Gasteiger partial charge in [0.1, 0.15) is 0 Å². The first kappa shape index (κ1) is 12.4. The lowest BCUT2D eigenvalue weighted by atomic mass is 10.1. The fourth-order valence-corrected chi connectivity index (χ4v) is 1.14. The summed E-state index contributed by atoms with van der Waals surface area (Å²) in [5.41, 5.74) is 0. The van der Waals surface area contributed by atoms with Crippen LogP contribution in [0.1, 0.15) is 39.5 Å². The maximum atomic E-state index is 11.1. The summed E-state index contributed by atoms with van der Waals surface area (Å²) in [6.07, 6.45) is 3.57. The SMILES string of the molecule is CCCCC(CC(=O)OCC)OC. The Balaban J connectivity index is 3.62. The van der Waals surface area contributed by atoms with Crippen molar-refractivity contribution in [1.82, 2.24) is 0 Å². The van der Waals surface area contributed by atoms with Crippen molar-refractivity contribution in [3.63, 3.8) is 0 Å². The molecule has 0 aromatic rings. The van der Waals surface area contributed by atoms with Crippen molar-refractivity contribution >= 4 is 5.97 Å². The summed E-state index contributed by atoms with van der Waals surface area (Å²) in [7, 11) is 1.64. The number of unbranched alkanes of at least 4 members (excludes halogenated alkanes) is 1. The van der Waals surface area contributed by atoms with Gasteiger partial charge in [0.15, 0.2) is 0 Å². The van der Waals surface area contributed by atoms with Gasteiger partial charge in [-0.3, -0.25) is 4.79 Å². The highest BCUT2D eigenvalue weighted by molar-refractivity contribution is 5.69. The second kappa shape index (κ2) is 8.05. The molecule has 0 heterocycles. The molecule has 3 nitrogen and oxygen atoms in total. The number of ether oxygens (including phenoxy) is 2. The van der Waals surface area contributed by atoms with Gasteiger partial charge >= 0.3 is 5.97 Å². The summed E-state index contributed by atoms with van der Waals surface area (Å²) in [5, 5.41) is 0. The number of carbonyl (C=O) groups is 1. The molecule has 0 aromatic heterocycles. The maximum Gasteiger partial charge on any atom is 0.308 e. The highest BCUT2D eigenvalue weighted by atomic mass is 16.5. The molecule has 0 amide bonds. The summed E-state index contributed by atoms with van der Waals surface area (Å²) in [6.45, 7) is 4.38. The van der Waals surface area contributed by atoms with E-state index in [4.69, 9.17) is 9.47 Å². The van der Waals surface area contributed by atoms with Gasteiger partial charge in [-0.2, -0.15) is 0 Å². The number of hydrogen-bond acceptors (Lipinski definition) is 3. The van der Waals surface area contributed by atoms with Crippen molar-refractivity contribution in [1.29, 1.82) is 0 Å². The molecule has 1 unspecified atom stereocenters. The predicted molar refractivity (Wildman–Crippen MR) is 51.6 cm³/mol. The number of esters is 1. The molecule has 0 N–H and O–H groups in total. The Kier molecular flexibility index (Phi) is 7.69. The van der Waals surface area contributed by atoms with Gasteiger partial charge in [0.25, 0.3) is 0 Å². The van der Waals surface area contributed by atoms with Crippen LogP contribution in [0.4, 0.5) is 0 Å². The molecule has 0 spiro atoms. The lowest BCUT2D eigenvalue weighted by Crippen LogP contribution is -2.17. The Morgan fingerprint density at radius 2 is 2.08 bits per heavy atom. The molecular weight excluding hydrogens is 168 g/mol. The Labute approximate surface area is 80.4 Å². The van der Waals surface area contributed by atoms with Crippen LogP contribution in [-0.4, -0.2) is 25.8 Å². The van der Waals surface area contributed by atoms with Crippen LogP contribution in [0.25, 0.3) is 0 Å². The van der Waals surface area contributed by atoms with E-state index in [9.17, 15) is 4.79 Å². The molecule has 0 aliphatic rings. The fraction of sp³-hybridized carbons (Fsp3) is 0.900. The van der Waals surface area contributed by atoms with E-state index >= 15 is 0 Å². The third kappa shape index (κ3) is 6.58. The molecule has 0 radical (unpaired) electrons. The van der Waals surface area contributed by atoms with Gasteiger partial charge in [0.05, 0.1) is 19.1 Å². The first-order chi connectivity index (χ1) is 6.24. The van der Waals surface area contributed by atoms with E-state index < -0.39 is 0 Å². The van der Waals surface area contributed by atoms with Crippen LogP contribution in [0.5, 0.6) is 0 Å². The average molecular weight is 188 g/mol. The summed E-state index contributed by atoms with van der Waals surface area (Å²) in [4.78, 5) is 11.1. The molecule has 1 atom stereocenters. The highest BCUT2D eigenvalue weighted by Crippen LogP contribution is 2.08. The van der Waals surface area contributed by atoms with Crippen molar-refractivity contribution < 1.29 is 14.3 Å². The normalized spacial score (nSPS) is 12.5. The van der Waals surface area contributed by atoms with E-state index in [1.54, 1.807) is 7.11 Å². The Bertz CT molecular complexity index is 134. The van der Waals surface area contributed by atoms with Crippen molar-refractivity contribution in [3.05, 3.63) is 0 Å². The monoisotopic (exact) mass is 188 g/mol. The van der Waals surface area contributed by atoms with E-state index in [1.165, 1.54) is 0 Å². The average Bonchev–Trinajstić information content (AvgIpc) is 2.12. The summed E-state index contributed by atoms with van der Waals surface area (Å²) >= 11 is 0. The number of hydrogen-bond donors (Lipinski definition) is 0. The van der Waals surface area contributed by atoms with Gasteiger partial charge in [0, 0.05) is 7.11 Å². The van der Waals surface area contributed by atoms with E-state index in [0.717, 1.165) is 19.3 Å². The molecule has 13 heavy (non-hydrogen) atoms. The number of carbonyl (C=O) groups excluding carboxylic acids is 1. The Hall–Kier alpha value is -0.570. The topological polar surface area (TPSA) is 35.5 Å².